The lowest BCUT2D eigenvalue weighted by Gasteiger charge is -2.20. The van der Waals surface area contributed by atoms with E-state index in [1.807, 2.05) is 6.07 Å². The van der Waals surface area contributed by atoms with Gasteiger partial charge < -0.3 is 15.4 Å². The molecule has 0 saturated heterocycles. The number of fused-ring (bicyclic) bond motifs is 1. The number of aromatic carboxylic acids is 1. The Hall–Kier alpha value is -1.81. The molecule has 0 aliphatic carbocycles. The Morgan fingerprint density at radius 2 is 1.96 bits per heavy atom. The number of carboxylic acids is 1. The molecule has 0 fully saturated rings. The van der Waals surface area contributed by atoms with E-state index in [4.69, 9.17) is 5.73 Å². The number of hydrogen-bond acceptors (Lipinski definition) is 2. The summed E-state index contributed by atoms with van der Waals surface area (Å²) < 4.78 is 2.09. The van der Waals surface area contributed by atoms with Crippen molar-refractivity contribution < 1.29 is 9.90 Å². The number of aryl methyl sites for hydroxylation is 1. The molecule has 0 saturated carbocycles. The van der Waals surface area contributed by atoms with E-state index in [0.29, 0.717) is 18.7 Å². The molecule has 0 unspecified atom stereocenters. The number of unbranched alkanes of at least 4 members (excludes halogenated alkanes) is 1. The van der Waals surface area contributed by atoms with Gasteiger partial charge in [-0.25, -0.2) is 4.79 Å². The summed E-state index contributed by atoms with van der Waals surface area (Å²) in [5.41, 5.74) is 10.4. The number of hydrogen-bond donors (Lipinski definition) is 2. The van der Waals surface area contributed by atoms with Crippen molar-refractivity contribution in [3.8, 4) is 0 Å². The van der Waals surface area contributed by atoms with E-state index < -0.39 is 5.97 Å². The average Bonchev–Trinajstić information content (AvgIpc) is 2.76. The highest BCUT2D eigenvalue weighted by atomic mass is 16.4. The van der Waals surface area contributed by atoms with Crippen molar-refractivity contribution >= 4 is 16.9 Å². The normalized spacial score (nSPS) is 12.1. The third-order valence-electron chi connectivity index (χ3n) is 4.78. The first kappa shape index (κ1) is 18.5. The van der Waals surface area contributed by atoms with Gasteiger partial charge in [0.25, 0.3) is 0 Å². The Kier molecular flexibility index (Phi) is 5.38. The van der Waals surface area contributed by atoms with E-state index in [9.17, 15) is 9.90 Å². The molecule has 0 atom stereocenters. The highest BCUT2D eigenvalue weighted by Crippen LogP contribution is 2.34. The van der Waals surface area contributed by atoms with Gasteiger partial charge in [0.05, 0.1) is 11.1 Å². The minimum absolute atomic E-state index is 0.0930. The molecular formula is C20H30N2O2. The molecule has 0 aliphatic heterocycles. The van der Waals surface area contributed by atoms with Crippen molar-refractivity contribution in [1.29, 1.82) is 0 Å². The smallest absolute Gasteiger partial charge is 0.337 e. The van der Waals surface area contributed by atoms with Crippen LogP contribution in [0, 0.1) is 6.92 Å². The lowest BCUT2D eigenvalue weighted by atomic mass is 9.84. The summed E-state index contributed by atoms with van der Waals surface area (Å²) in [7, 11) is 0. The SMILES string of the molecule is CCCCc1c(C)n(CCN)c2c(C(=O)O)cc(C(C)(C)C)cc12. The quantitative estimate of drug-likeness (QED) is 0.832. The lowest BCUT2D eigenvalue weighted by Crippen LogP contribution is -2.15. The molecule has 0 radical (unpaired) electrons. The molecule has 3 N–H and O–H groups in total. The fourth-order valence-corrected chi connectivity index (χ4v) is 3.35. The summed E-state index contributed by atoms with van der Waals surface area (Å²) in [4.78, 5) is 11.9. The monoisotopic (exact) mass is 330 g/mol. The van der Waals surface area contributed by atoms with Crippen LogP contribution in [0.1, 0.15) is 67.7 Å². The maximum absolute atomic E-state index is 11.9. The molecule has 4 nitrogen and oxygen atoms in total. The van der Waals surface area contributed by atoms with Gasteiger partial charge in [0.15, 0.2) is 0 Å². The van der Waals surface area contributed by atoms with Crippen molar-refractivity contribution in [2.24, 2.45) is 5.73 Å². The van der Waals surface area contributed by atoms with Gasteiger partial charge in [0.2, 0.25) is 0 Å². The predicted octanol–water partition coefficient (Wildman–Crippen LogP) is 4.25. The zero-order chi connectivity index (χ0) is 18.1. The Bertz CT molecular complexity index is 751. The van der Waals surface area contributed by atoms with Crippen LogP contribution >= 0.6 is 0 Å². The number of carboxylic acid groups (broad SMARTS) is 1. The predicted molar refractivity (Wildman–Crippen MR) is 100 cm³/mol. The summed E-state index contributed by atoms with van der Waals surface area (Å²) in [6.07, 6.45) is 3.20. The molecule has 1 aromatic carbocycles. The second-order valence-electron chi connectivity index (χ2n) is 7.58. The third-order valence-corrected chi connectivity index (χ3v) is 4.78. The Morgan fingerprint density at radius 3 is 2.46 bits per heavy atom. The van der Waals surface area contributed by atoms with Crippen LogP contribution in [0.2, 0.25) is 0 Å². The van der Waals surface area contributed by atoms with Gasteiger partial charge >= 0.3 is 5.97 Å². The van der Waals surface area contributed by atoms with E-state index in [1.54, 1.807) is 0 Å². The van der Waals surface area contributed by atoms with Crippen LogP contribution in [0.15, 0.2) is 12.1 Å². The molecule has 0 spiro atoms. The number of nitrogens with two attached hydrogens (primary N) is 1. The summed E-state index contributed by atoms with van der Waals surface area (Å²) in [6, 6.07) is 4.02. The fourth-order valence-electron chi connectivity index (χ4n) is 3.35. The van der Waals surface area contributed by atoms with Crippen molar-refractivity contribution in [2.75, 3.05) is 6.54 Å². The molecular weight excluding hydrogens is 300 g/mol. The first-order valence-electron chi connectivity index (χ1n) is 8.81. The molecule has 2 rings (SSSR count). The van der Waals surface area contributed by atoms with Crippen LogP contribution in [0.25, 0.3) is 10.9 Å². The van der Waals surface area contributed by atoms with E-state index in [-0.39, 0.29) is 5.41 Å². The van der Waals surface area contributed by atoms with E-state index in [0.717, 1.165) is 41.4 Å². The molecule has 132 valence electrons. The molecule has 24 heavy (non-hydrogen) atoms. The molecule has 0 amide bonds. The van der Waals surface area contributed by atoms with Crippen LogP contribution in [0.3, 0.4) is 0 Å². The summed E-state index contributed by atoms with van der Waals surface area (Å²) in [5, 5.41) is 10.9. The highest BCUT2D eigenvalue weighted by Gasteiger charge is 2.24. The van der Waals surface area contributed by atoms with Gasteiger partial charge in [-0.05, 0) is 48.4 Å². The van der Waals surface area contributed by atoms with Gasteiger partial charge in [0.1, 0.15) is 0 Å². The maximum atomic E-state index is 11.9. The Labute approximate surface area is 144 Å². The number of nitrogens with zero attached hydrogens (tertiary/aromatic N) is 1. The van der Waals surface area contributed by atoms with Crippen molar-refractivity contribution in [1.82, 2.24) is 4.57 Å². The third kappa shape index (κ3) is 3.34. The average molecular weight is 330 g/mol. The standard InChI is InChI=1S/C20H30N2O2/c1-6-7-8-15-13(2)22(10-9-21)18-16(15)11-14(20(3,4)5)12-17(18)19(23)24/h11-12H,6-10,21H2,1-5H3,(H,23,24). The van der Waals surface area contributed by atoms with E-state index in [2.05, 4.69) is 45.3 Å². The molecule has 1 heterocycles. The number of benzene rings is 1. The molecule has 4 heteroatoms. The zero-order valence-corrected chi connectivity index (χ0v) is 15.6. The second kappa shape index (κ2) is 6.98. The topological polar surface area (TPSA) is 68.2 Å². The second-order valence-corrected chi connectivity index (χ2v) is 7.58. The molecule has 2 aromatic rings. The largest absolute Gasteiger partial charge is 0.478 e. The fraction of sp³-hybridized carbons (Fsp3) is 0.550. The van der Waals surface area contributed by atoms with Gasteiger partial charge in [-0.2, -0.15) is 0 Å². The summed E-state index contributed by atoms with van der Waals surface area (Å²) in [5.74, 6) is -0.871. The minimum Gasteiger partial charge on any atom is -0.478 e. The van der Waals surface area contributed by atoms with E-state index >= 15 is 0 Å². The van der Waals surface area contributed by atoms with Gasteiger partial charge in [-0.1, -0.05) is 34.1 Å². The van der Waals surface area contributed by atoms with Gasteiger partial charge in [-0.15, -0.1) is 0 Å². The maximum Gasteiger partial charge on any atom is 0.337 e. The first-order chi connectivity index (χ1) is 11.2. The number of rotatable bonds is 6. The van der Waals surface area contributed by atoms with Crippen LogP contribution in [0.5, 0.6) is 0 Å². The Morgan fingerprint density at radius 1 is 1.29 bits per heavy atom. The Balaban J connectivity index is 2.87. The molecule has 0 bridgehead atoms. The van der Waals surface area contributed by atoms with Gasteiger partial charge in [-0.3, -0.25) is 0 Å². The van der Waals surface area contributed by atoms with Gasteiger partial charge in [0, 0.05) is 24.2 Å². The van der Waals surface area contributed by atoms with Crippen LogP contribution in [0.4, 0.5) is 0 Å². The zero-order valence-electron chi connectivity index (χ0n) is 15.6. The molecule has 0 aliphatic rings. The molecule has 1 aromatic heterocycles. The summed E-state index contributed by atoms with van der Waals surface area (Å²) >= 11 is 0. The lowest BCUT2D eigenvalue weighted by molar-refractivity contribution is 0.0698. The number of aromatic nitrogens is 1. The summed E-state index contributed by atoms with van der Waals surface area (Å²) in [6.45, 7) is 11.8. The van der Waals surface area contributed by atoms with Crippen molar-refractivity contribution in [2.45, 2.75) is 65.8 Å². The van der Waals surface area contributed by atoms with Crippen LogP contribution in [-0.4, -0.2) is 22.2 Å². The minimum atomic E-state index is -0.871. The number of carbonyl (C=O) groups is 1. The van der Waals surface area contributed by atoms with Crippen molar-refractivity contribution in [3.05, 3.63) is 34.5 Å². The van der Waals surface area contributed by atoms with Crippen LogP contribution < -0.4 is 5.73 Å². The van der Waals surface area contributed by atoms with Crippen molar-refractivity contribution in [3.63, 3.8) is 0 Å². The van der Waals surface area contributed by atoms with E-state index in [1.165, 1.54) is 5.56 Å². The van der Waals surface area contributed by atoms with Crippen LogP contribution in [-0.2, 0) is 18.4 Å². The first-order valence-corrected chi connectivity index (χ1v) is 8.81. The highest BCUT2D eigenvalue weighted by molar-refractivity contribution is 6.04.